The summed E-state index contributed by atoms with van der Waals surface area (Å²) in [6, 6.07) is 4.36. The van der Waals surface area contributed by atoms with Crippen LogP contribution in [0.1, 0.15) is 25.3 Å². The minimum atomic E-state index is -0.481. The van der Waals surface area contributed by atoms with Crippen LogP contribution in [0.5, 0.6) is 0 Å². The van der Waals surface area contributed by atoms with Gasteiger partial charge in [0.1, 0.15) is 5.82 Å². The van der Waals surface area contributed by atoms with E-state index in [9.17, 15) is 9.18 Å². The fourth-order valence-corrected chi connectivity index (χ4v) is 1.48. The molecule has 0 aromatic heterocycles. The van der Waals surface area contributed by atoms with E-state index in [0.29, 0.717) is 18.9 Å². The number of benzene rings is 1. The molecule has 3 N–H and O–H groups in total. The molecule has 1 aromatic carbocycles. The zero-order valence-corrected chi connectivity index (χ0v) is 11.5. The highest BCUT2D eigenvalue weighted by Crippen LogP contribution is 2.14. The van der Waals surface area contributed by atoms with Gasteiger partial charge in [-0.3, -0.25) is 4.79 Å². The lowest BCUT2D eigenvalue weighted by Crippen LogP contribution is -2.14. The van der Waals surface area contributed by atoms with Gasteiger partial charge in [0.2, 0.25) is 5.91 Å². The molecule has 1 rings (SSSR count). The number of halogens is 1. The van der Waals surface area contributed by atoms with Gasteiger partial charge in [-0.25, -0.2) is 4.39 Å². The Bertz CT molecular complexity index is 506. The Balaban J connectivity index is 2.52. The second-order valence-corrected chi connectivity index (χ2v) is 4.11. The van der Waals surface area contributed by atoms with E-state index in [1.807, 2.05) is 6.92 Å². The van der Waals surface area contributed by atoms with Crippen LogP contribution < -0.4 is 11.1 Å². The van der Waals surface area contributed by atoms with Crippen LogP contribution in [0.25, 0.3) is 0 Å². The van der Waals surface area contributed by atoms with E-state index in [-0.39, 0.29) is 24.4 Å². The number of carbonyl (C=O) groups is 1. The van der Waals surface area contributed by atoms with Crippen LogP contribution in [-0.2, 0) is 9.53 Å². The van der Waals surface area contributed by atoms with Gasteiger partial charge in [0, 0.05) is 12.3 Å². The summed E-state index contributed by atoms with van der Waals surface area (Å²) in [5.74, 6) is 4.51. The van der Waals surface area contributed by atoms with E-state index >= 15 is 0 Å². The zero-order valence-electron chi connectivity index (χ0n) is 11.5. The van der Waals surface area contributed by atoms with Gasteiger partial charge in [-0.2, -0.15) is 0 Å². The molecule has 0 unspecified atom stereocenters. The molecule has 0 radical (unpaired) electrons. The quantitative estimate of drug-likeness (QED) is 0.617. The van der Waals surface area contributed by atoms with Gasteiger partial charge < -0.3 is 15.8 Å². The minimum Gasteiger partial charge on any atom is -0.381 e. The SMILES string of the molecule is CCCOCCC(=O)Nc1ccc(C#CCN)c(F)c1. The number of carbonyl (C=O) groups excluding carboxylic acids is 1. The maximum absolute atomic E-state index is 13.7. The molecule has 0 aliphatic heterocycles. The average molecular weight is 278 g/mol. The Morgan fingerprint density at radius 2 is 2.25 bits per heavy atom. The number of hydrogen-bond acceptors (Lipinski definition) is 3. The Hall–Kier alpha value is -1.90. The molecule has 108 valence electrons. The maximum atomic E-state index is 13.7. The van der Waals surface area contributed by atoms with Gasteiger partial charge in [-0.15, -0.1) is 0 Å². The van der Waals surface area contributed by atoms with Crippen molar-refractivity contribution in [3.63, 3.8) is 0 Å². The van der Waals surface area contributed by atoms with Crippen molar-refractivity contribution in [1.82, 2.24) is 0 Å². The summed E-state index contributed by atoms with van der Waals surface area (Å²) < 4.78 is 18.9. The lowest BCUT2D eigenvalue weighted by Gasteiger charge is -2.06. The van der Waals surface area contributed by atoms with Gasteiger partial charge in [0.15, 0.2) is 0 Å². The van der Waals surface area contributed by atoms with E-state index in [1.165, 1.54) is 12.1 Å². The number of nitrogens with one attached hydrogen (secondary N) is 1. The molecule has 0 aliphatic carbocycles. The molecule has 20 heavy (non-hydrogen) atoms. The lowest BCUT2D eigenvalue weighted by molar-refractivity contribution is -0.117. The van der Waals surface area contributed by atoms with Crippen molar-refractivity contribution in [3.05, 3.63) is 29.6 Å². The van der Waals surface area contributed by atoms with Crippen LogP contribution in [0, 0.1) is 17.7 Å². The standard InChI is InChI=1S/C15H19FN2O2/c1-2-9-20-10-7-15(19)18-13-6-5-12(4-3-8-17)14(16)11-13/h5-6,11H,2,7-10,17H2,1H3,(H,18,19). The van der Waals surface area contributed by atoms with Crippen molar-refractivity contribution >= 4 is 11.6 Å². The molecular formula is C15H19FN2O2. The predicted octanol–water partition coefficient (Wildman–Crippen LogP) is 1.89. The lowest BCUT2D eigenvalue weighted by atomic mass is 10.2. The number of amides is 1. The fraction of sp³-hybridized carbons (Fsp3) is 0.400. The topological polar surface area (TPSA) is 64.3 Å². The summed E-state index contributed by atoms with van der Waals surface area (Å²) in [5, 5.41) is 2.61. The number of ether oxygens (including phenoxy) is 1. The monoisotopic (exact) mass is 278 g/mol. The second kappa shape index (κ2) is 9.08. The van der Waals surface area contributed by atoms with Crippen molar-refractivity contribution < 1.29 is 13.9 Å². The van der Waals surface area contributed by atoms with Crippen LogP contribution in [0.4, 0.5) is 10.1 Å². The van der Waals surface area contributed by atoms with Crippen LogP contribution in [0.15, 0.2) is 18.2 Å². The molecule has 0 aliphatic rings. The highest BCUT2D eigenvalue weighted by atomic mass is 19.1. The largest absolute Gasteiger partial charge is 0.381 e. The van der Waals surface area contributed by atoms with E-state index in [1.54, 1.807) is 6.07 Å². The molecular weight excluding hydrogens is 259 g/mol. The molecule has 0 saturated heterocycles. The first-order valence-electron chi connectivity index (χ1n) is 6.53. The molecule has 0 saturated carbocycles. The molecule has 0 bridgehead atoms. The molecule has 0 spiro atoms. The number of anilines is 1. The molecule has 1 amide bonds. The number of rotatable bonds is 6. The summed E-state index contributed by atoms with van der Waals surface area (Å²) in [5.41, 5.74) is 5.89. The molecule has 5 heteroatoms. The molecule has 0 heterocycles. The third-order valence-corrected chi connectivity index (χ3v) is 2.40. The third kappa shape index (κ3) is 5.83. The van der Waals surface area contributed by atoms with Crippen molar-refractivity contribution in [3.8, 4) is 11.8 Å². The average Bonchev–Trinajstić information content (AvgIpc) is 2.43. The van der Waals surface area contributed by atoms with Crippen molar-refractivity contribution in [1.29, 1.82) is 0 Å². The molecule has 0 atom stereocenters. The number of nitrogens with two attached hydrogens (primary N) is 1. The Morgan fingerprint density at radius 1 is 1.45 bits per heavy atom. The minimum absolute atomic E-state index is 0.176. The van der Waals surface area contributed by atoms with Crippen molar-refractivity contribution in [2.45, 2.75) is 19.8 Å². The third-order valence-electron chi connectivity index (χ3n) is 2.40. The Morgan fingerprint density at radius 3 is 2.90 bits per heavy atom. The predicted molar refractivity (Wildman–Crippen MR) is 76.7 cm³/mol. The summed E-state index contributed by atoms with van der Waals surface area (Å²) >= 11 is 0. The van der Waals surface area contributed by atoms with Crippen molar-refractivity contribution in [2.24, 2.45) is 5.73 Å². The van der Waals surface area contributed by atoms with Gasteiger partial charge in [0.05, 0.1) is 25.1 Å². The van der Waals surface area contributed by atoms with E-state index in [4.69, 9.17) is 10.5 Å². The van der Waals surface area contributed by atoms with Crippen molar-refractivity contribution in [2.75, 3.05) is 25.1 Å². The second-order valence-electron chi connectivity index (χ2n) is 4.11. The van der Waals surface area contributed by atoms with Crippen LogP contribution >= 0.6 is 0 Å². The summed E-state index contributed by atoms with van der Waals surface area (Å²) in [6.07, 6.45) is 1.16. The first-order valence-corrected chi connectivity index (χ1v) is 6.53. The fourth-order valence-electron chi connectivity index (χ4n) is 1.48. The van der Waals surface area contributed by atoms with Gasteiger partial charge >= 0.3 is 0 Å². The summed E-state index contributed by atoms with van der Waals surface area (Å²) in [4.78, 5) is 11.6. The van der Waals surface area contributed by atoms with Gasteiger partial charge in [-0.1, -0.05) is 18.8 Å². The summed E-state index contributed by atoms with van der Waals surface area (Å²) in [7, 11) is 0. The Labute approximate surface area is 118 Å². The molecule has 1 aromatic rings. The van der Waals surface area contributed by atoms with Gasteiger partial charge in [-0.05, 0) is 24.6 Å². The Kier molecular flexibility index (Phi) is 7.33. The highest BCUT2D eigenvalue weighted by Gasteiger charge is 2.05. The van der Waals surface area contributed by atoms with Crippen LogP contribution in [-0.4, -0.2) is 25.7 Å². The molecule has 4 nitrogen and oxygen atoms in total. The smallest absolute Gasteiger partial charge is 0.226 e. The maximum Gasteiger partial charge on any atom is 0.226 e. The number of hydrogen-bond donors (Lipinski definition) is 2. The first kappa shape index (κ1) is 16.2. The zero-order chi connectivity index (χ0) is 14.8. The summed E-state index contributed by atoms with van der Waals surface area (Å²) in [6.45, 7) is 3.17. The van der Waals surface area contributed by atoms with E-state index in [0.717, 1.165) is 6.42 Å². The van der Waals surface area contributed by atoms with Crippen LogP contribution in [0.2, 0.25) is 0 Å². The van der Waals surface area contributed by atoms with Crippen LogP contribution in [0.3, 0.4) is 0 Å². The van der Waals surface area contributed by atoms with Gasteiger partial charge in [0.25, 0.3) is 0 Å². The van der Waals surface area contributed by atoms with E-state index < -0.39 is 5.82 Å². The first-order chi connectivity index (χ1) is 9.67. The highest BCUT2D eigenvalue weighted by molar-refractivity contribution is 5.90. The van der Waals surface area contributed by atoms with E-state index in [2.05, 4.69) is 17.2 Å². The molecule has 0 fully saturated rings. The normalized spacial score (nSPS) is 9.75.